The molecule has 5 heterocycles. The number of nitriles is 1. The standard InChI is InChI=1S/C34H39N7O2/c1-2-43-29-19-30(33-28(21-35)23-38-41(33)24-29)27-8-9-31(37-22-27)40-16-12-34(13-17-40,20-26-6-4-3-5-7-26)39-32(42)18-25-10-14-36-15-11-25/h3-9,19,22-25,36H,2,10-18,20H2,1H3,(H,39,42). The molecule has 0 atom stereocenters. The van der Waals surface area contributed by atoms with Crippen LogP contribution in [-0.4, -0.2) is 58.8 Å². The highest BCUT2D eigenvalue weighted by Crippen LogP contribution is 2.33. The molecule has 0 bridgehead atoms. The van der Waals surface area contributed by atoms with Gasteiger partial charge in [-0.3, -0.25) is 4.79 Å². The average Bonchev–Trinajstić information content (AvgIpc) is 3.45. The summed E-state index contributed by atoms with van der Waals surface area (Å²) in [6, 6.07) is 18.8. The molecule has 2 fully saturated rings. The van der Waals surface area contributed by atoms with Gasteiger partial charge in [0, 0.05) is 42.4 Å². The SMILES string of the molecule is CCOc1cc(-c2ccc(N3CCC(Cc4ccccc4)(NC(=O)CC4CCNCC4)CC3)nc2)c2c(C#N)cnn2c1. The Bertz CT molecular complexity index is 1580. The number of benzene rings is 1. The maximum absolute atomic E-state index is 13.3. The lowest BCUT2D eigenvalue weighted by atomic mass is 9.81. The number of carbonyl (C=O) groups excluding carboxylic acids is 1. The topological polar surface area (TPSA) is 108 Å². The van der Waals surface area contributed by atoms with Crippen molar-refractivity contribution < 1.29 is 9.53 Å². The van der Waals surface area contributed by atoms with Crippen LogP contribution in [0, 0.1) is 17.2 Å². The summed E-state index contributed by atoms with van der Waals surface area (Å²) in [5.74, 6) is 2.23. The number of hydrogen-bond donors (Lipinski definition) is 2. The molecule has 1 amide bonds. The van der Waals surface area contributed by atoms with Gasteiger partial charge in [0.15, 0.2) is 0 Å². The van der Waals surface area contributed by atoms with Crippen molar-refractivity contribution in [1.82, 2.24) is 25.2 Å². The third kappa shape index (κ3) is 6.50. The maximum atomic E-state index is 13.3. The van der Waals surface area contributed by atoms with Gasteiger partial charge in [-0.2, -0.15) is 10.4 Å². The highest BCUT2D eigenvalue weighted by Gasteiger charge is 2.37. The smallest absolute Gasteiger partial charge is 0.220 e. The van der Waals surface area contributed by atoms with Crippen LogP contribution in [0.25, 0.3) is 16.6 Å². The lowest BCUT2D eigenvalue weighted by Crippen LogP contribution is -2.57. The summed E-state index contributed by atoms with van der Waals surface area (Å²) in [4.78, 5) is 20.4. The monoisotopic (exact) mass is 577 g/mol. The van der Waals surface area contributed by atoms with E-state index in [1.807, 2.05) is 37.4 Å². The van der Waals surface area contributed by atoms with Gasteiger partial charge in [0.2, 0.25) is 5.91 Å². The van der Waals surface area contributed by atoms with Gasteiger partial charge in [-0.15, -0.1) is 0 Å². The Morgan fingerprint density at radius 3 is 2.63 bits per heavy atom. The first kappa shape index (κ1) is 28.7. The largest absolute Gasteiger partial charge is 0.492 e. The first-order valence-electron chi connectivity index (χ1n) is 15.4. The highest BCUT2D eigenvalue weighted by atomic mass is 16.5. The number of piperidine rings is 2. The van der Waals surface area contributed by atoms with E-state index in [2.05, 4.69) is 51.0 Å². The molecule has 4 aromatic rings. The lowest BCUT2D eigenvalue weighted by Gasteiger charge is -2.43. The van der Waals surface area contributed by atoms with Crippen molar-refractivity contribution in [2.75, 3.05) is 37.7 Å². The van der Waals surface area contributed by atoms with Crippen molar-refractivity contribution in [2.24, 2.45) is 5.92 Å². The van der Waals surface area contributed by atoms with Crippen molar-refractivity contribution in [3.05, 3.63) is 78.2 Å². The van der Waals surface area contributed by atoms with E-state index in [0.29, 0.717) is 30.3 Å². The Morgan fingerprint density at radius 1 is 1.14 bits per heavy atom. The molecule has 2 aliphatic heterocycles. The van der Waals surface area contributed by atoms with Gasteiger partial charge in [-0.25, -0.2) is 9.50 Å². The molecule has 0 unspecified atom stereocenters. The number of anilines is 1. The minimum Gasteiger partial charge on any atom is -0.492 e. The molecule has 2 saturated heterocycles. The van der Waals surface area contributed by atoms with E-state index >= 15 is 0 Å². The van der Waals surface area contributed by atoms with Gasteiger partial charge >= 0.3 is 0 Å². The van der Waals surface area contributed by atoms with Gasteiger partial charge in [0.05, 0.1) is 30.1 Å². The number of nitrogens with zero attached hydrogens (tertiary/aromatic N) is 5. The number of aromatic nitrogens is 3. The molecule has 9 heteroatoms. The second-order valence-corrected chi connectivity index (χ2v) is 11.8. The minimum absolute atomic E-state index is 0.177. The van der Waals surface area contributed by atoms with Crippen molar-refractivity contribution in [3.63, 3.8) is 0 Å². The molecule has 2 N–H and O–H groups in total. The number of pyridine rings is 2. The zero-order valence-corrected chi connectivity index (χ0v) is 24.8. The van der Waals surface area contributed by atoms with Crippen LogP contribution in [0.5, 0.6) is 5.75 Å². The van der Waals surface area contributed by atoms with Crippen molar-refractivity contribution >= 4 is 17.2 Å². The van der Waals surface area contributed by atoms with Gasteiger partial charge in [0.25, 0.3) is 0 Å². The Kier molecular flexibility index (Phi) is 8.57. The van der Waals surface area contributed by atoms with Crippen LogP contribution in [0.1, 0.15) is 50.2 Å². The third-order valence-electron chi connectivity index (χ3n) is 8.84. The Balaban J connectivity index is 1.19. The number of carbonyl (C=O) groups is 1. The van der Waals surface area contributed by atoms with Gasteiger partial charge in [0.1, 0.15) is 17.6 Å². The number of rotatable bonds is 9. The highest BCUT2D eigenvalue weighted by molar-refractivity contribution is 5.85. The van der Waals surface area contributed by atoms with E-state index in [0.717, 1.165) is 80.7 Å². The van der Waals surface area contributed by atoms with Gasteiger partial charge < -0.3 is 20.3 Å². The summed E-state index contributed by atoms with van der Waals surface area (Å²) >= 11 is 0. The molecule has 0 aliphatic carbocycles. The van der Waals surface area contributed by atoms with E-state index in [-0.39, 0.29) is 11.4 Å². The van der Waals surface area contributed by atoms with Gasteiger partial charge in [-0.1, -0.05) is 30.3 Å². The fourth-order valence-corrected chi connectivity index (χ4v) is 6.57. The first-order valence-corrected chi connectivity index (χ1v) is 15.4. The van der Waals surface area contributed by atoms with E-state index in [4.69, 9.17) is 9.72 Å². The predicted molar refractivity (Wildman–Crippen MR) is 167 cm³/mol. The second-order valence-electron chi connectivity index (χ2n) is 11.8. The number of fused-ring (bicyclic) bond motifs is 1. The molecule has 2 aliphatic rings. The summed E-state index contributed by atoms with van der Waals surface area (Å²) < 4.78 is 7.46. The molecular weight excluding hydrogens is 538 g/mol. The Morgan fingerprint density at radius 2 is 1.93 bits per heavy atom. The van der Waals surface area contributed by atoms with E-state index in [9.17, 15) is 10.1 Å². The molecular formula is C34H39N7O2. The third-order valence-corrected chi connectivity index (χ3v) is 8.84. The summed E-state index contributed by atoms with van der Waals surface area (Å²) in [6.45, 7) is 6.08. The fourth-order valence-electron chi connectivity index (χ4n) is 6.57. The molecule has 43 heavy (non-hydrogen) atoms. The average molecular weight is 578 g/mol. The van der Waals surface area contributed by atoms with Crippen LogP contribution in [0.4, 0.5) is 5.82 Å². The molecule has 222 valence electrons. The maximum Gasteiger partial charge on any atom is 0.220 e. The molecule has 6 rings (SSSR count). The van der Waals surface area contributed by atoms with E-state index in [1.165, 1.54) is 5.56 Å². The van der Waals surface area contributed by atoms with Crippen LogP contribution in [-0.2, 0) is 11.2 Å². The summed E-state index contributed by atoms with van der Waals surface area (Å²) in [7, 11) is 0. The number of amides is 1. The fraction of sp³-hybridized carbons (Fsp3) is 0.412. The van der Waals surface area contributed by atoms with Crippen molar-refractivity contribution in [3.8, 4) is 22.9 Å². The second kappa shape index (κ2) is 12.8. The van der Waals surface area contributed by atoms with Crippen LogP contribution in [0.15, 0.2) is 67.1 Å². The Labute approximate surface area is 252 Å². The quantitative estimate of drug-likeness (QED) is 0.296. The molecule has 9 nitrogen and oxygen atoms in total. The van der Waals surface area contributed by atoms with Crippen molar-refractivity contribution in [1.29, 1.82) is 5.26 Å². The zero-order chi connectivity index (χ0) is 29.6. The van der Waals surface area contributed by atoms with Crippen molar-refractivity contribution in [2.45, 2.75) is 51.0 Å². The zero-order valence-electron chi connectivity index (χ0n) is 24.8. The summed E-state index contributed by atoms with van der Waals surface area (Å²) in [5.41, 5.74) is 3.98. The molecule has 3 aromatic heterocycles. The summed E-state index contributed by atoms with van der Waals surface area (Å²) in [6.07, 6.45) is 10.5. The van der Waals surface area contributed by atoms with E-state index in [1.54, 1.807) is 16.9 Å². The predicted octanol–water partition coefficient (Wildman–Crippen LogP) is 4.75. The number of nitrogens with one attached hydrogen (secondary N) is 2. The molecule has 0 radical (unpaired) electrons. The normalized spacial score (nSPS) is 17.0. The van der Waals surface area contributed by atoms with Crippen LogP contribution in [0.3, 0.4) is 0 Å². The van der Waals surface area contributed by atoms with E-state index < -0.39 is 0 Å². The number of ether oxygens (including phenoxy) is 1. The van der Waals surface area contributed by atoms with Crippen LogP contribution < -0.4 is 20.3 Å². The van der Waals surface area contributed by atoms with Crippen LogP contribution in [0.2, 0.25) is 0 Å². The molecule has 0 spiro atoms. The molecule has 0 saturated carbocycles. The lowest BCUT2D eigenvalue weighted by molar-refractivity contribution is -0.124. The first-order chi connectivity index (χ1) is 21.1. The molecule has 1 aromatic carbocycles. The summed E-state index contributed by atoms with van der Waals surface area (Å²) in [5, 5.41) is 20.9. The Hall–Kier alpha value is -4.42. The van der Waals surface area contributed by atoms with Crippen LogP contribution >= 0.6 is 0 Å². The minimum atomic E-state index is -0.275. The number of hydrogen-bond acceptors (Lipinski definition) is 7. The van der Waals surface area contributed by atoms with Gasteiger partial charge in [-0.05, 0) is 81.8 Å².